The minimum Gasteiger partial charge on any atom is -0.399 e. The second-order valence-electron chi connectivity index (χ2n) is 3.81. The minimum atomic E-state index is 0.762. The first-order valence-corrected chi connectivity index (χ1v) is 7.16. The van der Waals surface area contributed by atoms with E-state index in [-0.39, 0.29) is 0 Å². The first-order chi connectivity index (χ1) is 7.83. The van der Waals surface area contributed by atoms with E-state index in [0.717, 1.165) is 18.1 Å². The van der Waals surface area contributed by atoms with Crippen LogP contribution < -0.4 is 11.1 Å². The van der Waals surface area contributed by atoms with Gasteiger partial charge in [-0.3, -0.25) is 0 Å². The maximum atomic E-state index is 5.66. The van der Waals surface area contributed by atoms with Crippen LogP contribution in [0.5, 0.6) is 0 Å². The predicted molar refractivity (Wildman–Crippen MR) is 74.0 cm³/mol. The molecule has 0 fully saturated rings. The largest absolute Gasteiger partial charge is 0.399 e. The molecule has 16 heavy (non-hydrogen) atoms. The molecule has 0 radical (unpaired) electrons. The fourth-order valence-corrected chi connectivity index (χ4v) is 1.98. The first-order valence-electron chi connectivity index (χ1n) is 5.77. The Morgan fingerprint density at radius 1 is 1.31 bits per heavy atom. The molecule has 0 unspecified atom stereocenters. The monoisotopic (exact) mass is 239 g/mol. The zero-order valence-electron chi connectivity index (χ0n) is 9.91. The zero-order chi connectivity index (χ0) is 11.6. The van der Waals surface area contributed by atoms with Gasteiger partial charge in [0.25, 0.3) is 0 Å². The number of unbranched alkanes of at least 4 members (excludes halogenated alkanes) is 3. The standard InChI is InChI=1S/C12H21N3S/c1-16-9-5-3-2-4-7-14-12-10-11(13)6-8-15-12/h6,8,10H,2-5,7,9H2,1H3,(H3,13,14,15). The van der Waals surface area contributed by atoms with Gasteiger partial charge >= 0.3 is 0 Å². The van der Waals surface area contributed by atoms with E-state index in [1.807, 2.05) is 17.8 Å². The smallest absolute Gasteiger partial charge is 0.127 e. The summed E-state index contributed by atoms with van der Waals surface area (Å²) >= 11 is 1.92. The molecule has 0 atom stereocenters. The molecule has 0 aliphatic rings. The van der Waals surface area contributed by atoms with E-state index in [4.69, 9.17) is 5.73 Å². The van der Waals surface area contributed by atoms with E-state index >= 15 is 0 Å². The molecule has 1 aromatic heterocycles. The van der Waals surface area contributed by atoms with Gasteiger partial charge in [0.15, 0.2) is 0 Å². The molecule has 0 aliphatic carbocycles. The molecule has 0 saturated heterocycles. The Morgan fingerprint density at radius 2 is 2.12 bits per heavy atom. The zero-order valence-corrected chi connectivity index (χ0v) is 10.7. The van der Waals surface area contributed by atoms with Gasteiger partial charge in [-0.1, -0.05) is 12.8 Å². The quantitative estimate of drug-likeness (QED) is 0.685. The summed E-state index contributed by atoms with van der Waals surface area (Å²) in [4.78, 5) is 4.19. The summed E-state index contributed by atoms with van der Waals surface area (Å²) in [7, 11) is 0. The Labute approximate surface area is 102 Å². The summed E-state index contributed by atoms with van der Waals surface area (Å²) in [5, 5.41) is 3.28. The Balaban J connectivity index is 2.03. The lowest BCUT2D eigenvalue weighted by Crippen LogP contribution is -2.03. The Morgan fingerprint density at radius 3 is 2.88 bits per heavy atom. The molecule has 3 nitrogen and oxygen atoms in total. The van der Waals surface area contributed by atoms with Gasteiger partial charge in [-0.15, -0.1) is 0 Å². The molecular formula is C12H21N3S. The number of hydrogen-bond acceptors (Lipinski definition) is 4. The lowest BCUT2D eigenvalue weighted by molar-refractivity contribution is 0.688. The van der Waals surface area contributed by atoms with E-state index in [2.05, 4.69) is 16.6 Å². The van der Waals surface area contributed by atoms with E-state index < -0.39 is 0 Å². The molecule has 0 spiro atoms. The average Bonchev–Trinajstić information content (AvgIpc) is 2.28. The number of nitrogen functional groups attached to an aromatic ring is 1. The Hall–Kier alpha value is -0.900. The molecule has 4 heteroatoms. The minimum absolute atomic E-state index is 0.762. The van der Waals surface area contributed by atoms with Crippen molar-refractivity contribution in [2.24, 2.45) is 0 Å². The van der Waals surface area contributed by atoms with Crippen LogP contribution in [0.25, 0.3) is 0 Å². The van der Waals surface area contributed by atoms with Crippen LogP contribution in [0.1, 0.15) is 25.7 Å². The highest BCUT2D eigenvalue weighted by Gasteiger charge is 1.94. The van der Waals surface area contributed by atoms with Crippen molar-refractivity contribution in [3.8, 4) is 0 Å². The molecule has 90 valence electrons. The highest BCUT2D eigenvalue weighted by molar-refractivity contribution is 7.98. The van der Waals surface area contributed by atoms with Crippen LogP contribution in [-0.4, -0.2) is 23.5 Å². The molecule has 0 bridgehead atoms. The van der Waals surface area contributed by atoms with Gasteiger partial charge in [-0.2, -0.15) is 11.8 Å². The van der Waals surface area contributed by atoms with Crippen LogP contribution in [0, 0.1) is 0 Å². The lowest BCUT2D eigenvalue weighted by Gasteiger charge is -2.05. The Bertz CT molecular complexity index is 291. The first kappa shape index (κ1) is 13.2. The second kappa shape index (κ2) is 8.28. The van der Waals surface area contributed by atoms with Crippen LogP contribution in [0.4, 0.5) is 11.5 Å². The summed E-state index contributed by atoms with van der Waals surface area (Å²) < 4.78 is 0. The van der Waals surface area contributed by atoms with E-state index in [0.29, 0.717) is 0 Å². The molecule has 0 aromatic carbocycles. The molecule has 0 amide bonds. The SMILES string of the molecule is CSCCCCCCNc1cc(N)ccn1. The maximum Gasteiger partial charge on any atom is 0.127 e. The predicted octanol–water partition coefficient (Wildman–Crippen LogP) is 3.00. The van der Waals surface area contributed by atoms with Crippen molar-refractivity contribution < 1.29 is 0 Å². The van der Waals surface area contributed by atoms with Gasteiger partial charge in [0.2, 0.25) is 0 Å². The summed E-state index contributed by atoms with van der Waals surface area (Å²) in [6.45, 7) is 0.982. The third kappa shape index (κ3) is 5.85. The third-order valence-electron chi connectivity index (χ3n) is 2.37. The van der Waals surface area contributed by atoms with Gasteiger partial charge in [0, 0.05) is 24.5 Å². The van der Waals surface area contributed by atoms with E-state index in [9.17, 15) is 0 Å². The van der Waals surface area contributed by atoms with Crippen LogP contribution in [-0.2, 0) is 0 Å². The number of hydrogen-bond donors (Lipinski definition) is 2. The number of thioether (sulfide) groups is 1. The summed E-state index contributed by atoms with van der Waals surface area (Å²) in [5.41, 5.74) is 6.42. The highest BCUT2D eigenvalue weighted by Crippen LogP contribution is 2.09. The van der Waals surface area contributed by atoms with Gasteiger partial charge in [0.1, 0.15) is 5.82 Å². The van der Waals surface area contributed by atoms with Crippen LogP contribution in [0.3, 0.4) is 0 Å². The van der Waals surface area contributed by atoms with Crippen molar-refractivity contribution in [3.63, 3.8) is 0 Å². The van der Waals surface area contributed by atoms with Gasteiger partial charge in [-0.25, -0.2) is 4.98 Å². The van der Waals surface area contributed by atoms with Crippen molar-refractivity contribution in [3.05, 3.63) is 18.3 Å². The molecule has 1 heterocycles. The maximum absolute atomic E-state index is 5.66. The molecular weight excluding hydrogens is 218 g/mol. The van der Waals surface area contributed by atoms with E-state index in [1.54, 1.807) is 12.3 Å². The molecule has 3 N–H and O–H groups in total. The molecule has 1 rings (SSSR count). The lowest BCUT2D eigenvalue weighted by atomic mass is 10.2. The van der Waals surface area contributed by atoms with Crippen molar-refractivity contribution >= 4 is 23.3 Å². The fourth-order valence-electron chi connectivity index (χ4n) is 1.48. The number of nitrogens with two attached hydrogens (primary N) is 1. The van der Waals surface area contributed by atoms with Crippen LogP contribution in [0.2, 0.25) is 0 Å². The van der Waals surface area contributed by atoms with E-state index in [1.165, 1.54) is 31.4 Å². The van der Waals surface area contributed by atoms with Gasteiger partial charge in [-0.05, 0) is 30.9 Å². The number of nitrogens with one attached hydrogen (secondary N) is 1. The van der Waals surface area contributed by atoms with Crippen LogP contribution in [0.15, 0.2) is 18.3 Å². The Kier molecular flexibility index (Phi) is 6.81. The second-order valence-corrected chi connectivity index (χ2v) is 4.79. The third-order valence-corrected chi connectivity index (χ3v) is 3.06. The number of anilines is 2. The van der Waals surface area contributed by atoms with Crippen molar-refractivity contribution in [1.29, 1.82) is 0 Å². The average molecular weight is 239 g/mol. The topological polar surface area (TPSA) is 50.9 Å². The number of aromatic nitrogens is 1. The molecule has 1 aromatic rings. The van der Waals surface area contributed by atoms with Gasteiger partial charge < -0.3 is 11.1 Å². The fraction of sp³-hybridized carbons (Fsp3) is 0.583. The summed E-state index contributed by atoms with van der Waals surface area (Å²) in [6.07, 6.45) is 9.04. The van der Waals surface area contributed by atoms with Crippen molar-refractivity contribution in [1.82, 2.24) is 4.98 Å². The number of rotatable bonds is 8. The normalized spacial score (nSPS) is 10.3. The molecule has 0 saturated carbocycles. The van der Waals surface area contributed by atoms with Crippen LogP contribution >= 0.6 is 11.8 Å². The summed E-state index contributed by atoms with van der Waals surface area (Å²) in [6, 6.07) is 3.67. The highest BCUT2D eigenvalue weighted by atomic mass is 32.2. The number of nitrogens with zero attached hydrogens (tertiary/aromatic N) is 1. The van der Waals surface area contributed by atoms with Crippen molar-refractivity contribution in [2.75, 3.05) is 29.6 Å². The summed E-state index contributed by atoms with van der Waals surface area (Å²) in [5.74, 6) is 2.16. The number of pyridine rings is 1. The molecule has 0 aliphatic heterocycles. The van der Waals surface area contributed by atoms with Crippen molar-refractivity contribution in [2.45, 2.75) is 25.7 Å². The van der Waals surface area contributed by atoms with Gasteiger partial charge in [0.05, 0.1) is 0 Å².